The number of para-hydroxylation sites is 3. The number of fused-ring (bicyclic) bond motifs is 9. The molecule has 0 aliphatic carbocycles. The Labute approximate surface area is 356 Å². The van der Waals surface area contributed by atoms with Crippen molar-refractivity contribution in [1.82, 2.24) is 18.9 Å². The van der Waals surface area contributed by atoms with E-state index in [0.717, 1.165) is 83.1 Å². The average molecular weight is 949 g/mol. The van der Waals surface area contributed by atoms with E-state index >= 15 is 0 Å². The van der Waals surface area contributed by atoms with Gasteiger partial charge in [0.1, 0.15) is 17.2 Å². The van der Waals surface area contributed by atoms with Gasteiger partial charge in [-0.1, -0.05) is 105 Å². The molecule has 0 bridgehead atoms. The number of hydrogen-bond donors (Lipinski definition) is 1. The molecule has 6 aromatic carbocycles. The van der Waals surface area contributed by atoms with Crippen molar-refractivity contribution in [3.8, 4) is 50.6 Å². The van der Waals surface area contributed by atoms with E-state index in [1.165, 1.54) is 22.1 Å². The molecule has 0 aliphatic rings. The van der Waals surface area contributed by atoms with Crippen molar-refractivity contribution in [3.63, 3.8) is 0 Å². The number of phenols is 1. The first-order chi connectivity index (χ1) is 28.0. The molecule has 0 spiro atoms. The van der Waals surface area contributed by atoms with Gasteiger partial charge in [-0.2, -0.15) is 0 Å². The van der Waals surface area contributed by atoms with Crippen molar-refractivity contribution in [3.05, 3.63) is 145 Å². The fraction of sp³-hybridized carbons (Fsp3) is 0.154. The minimum Gasteiger partial charge on any atom is -0.507 e. The van der Waals surface area contributed by atoms with Gasteiger partial charge in [0.15, 0.2) is 0 Å². The normalized spacial score (nSPS) is 12.5. The maximum atomic E-state index is 10.9. The molecule has 0 atom stereocenters. The van der Waals surface area contributed by atoms with E-state index in [9.17, 15) is 5.11 Å². The Morgan fingerprint density at radius 1 is 0.644 bits per heavy atom. The maximum absolute atomic E-state index is 10.9. The maximum Gasteiger partial charge on any atom is 0.213 e. The van der Waals surface area contributed by atoms with E-state index in [4.69, 9.17) is 14.4 Å². The summed E-state index contributed by atoms with van der Waals surface area (Å²) in [5, 5.41) is 16.5. The topological polar surface area (TPSA) is 68.5 Å². The number of aromatic hydroxyl groups is 1. The first-order valence-corrected chi connectivity index (χ1v) is 19.9. The van der Waals surface area contributed by atoms with Gasteiger partial charge in [-0.15, -0.1) is 29.8 Å². The fourth-order valence-electron chi connectivity index (χ4n) is 9.19. The molecule has 7 heteroatoms. The van der Waals surface area contributed by atoms with Crippen LogP contribution in [0.4, 0.5) is 0 Å². The quantitative estimate of drug-likeness (QED) is 0.179. The van der Waals surface area contributed by atoms with Crippen LogP contribution in [0.3, 0.4) is 0 Å². The molecule has 11 aromatic rings. The number of pyridine rings is 1. The molecule has 292 valence electrons. The van der Waals surface area contributed by atoms with Crippen LogP contribution in [0.1, 0.15) is 47.1 Å². The number of furan rings is 1. The molecule has 0 unspecified atom stereocenters. The van der Waals surface area contributed by atoms with Gasteiger partial charge in [-0.3, -0.25) is 9.38 Å². The van der Waals surface area contributed by atoms with Crippen LogP contribution in [0.5, 0.6) is 5.75 Å². The van der Waals surface area contributed by atoms with Crippen molar-refractivity contribution < 1.29 is 30.6 Å². The summed E-state index contributed by atoms with van der Waals surface area (Å²) >= 11 is 0. The summed E-state index contributed by atoms with van der Waals surface area (Å²) in [4.78, 5) is 10.3. The van der Waals surface area contributed by atoms with E-state index in [2.05, 4.69) is 160 Å². The summed E-state index contributed by atoms with van der Waals surface area (Å²) in [6.45, 7) is 13.3. The van der Waals surface area contributed by atoms with Gasteiger partial charge in [0.05, 0.1) is 33.0 Å². The smallest absolute Gasteiger partial charge is 0.213 e. The van der Waals surface area contributed by atoms with Crippen LogP contribution < -0.4 is 0 Å². The summed E-state index contributed by atoms with van der Waals surface area (Å²) in [6, 6.07) is 47.7. The molecule has 0 fully saturated rings. The minimum absolute atomic E-state index is 0. The van der Waals surface area contributed by atoms with Crippen molar-refractivity contribution in [2.24, 2.45) is 0 Å². The molecule has 59 heavy (non-hydrogen) atoms. The van der Waals surface area contributed by atoms with Crippen LogP contribution in [0, 0.1) is 6.07 Å². The van der Waals surface area contributed by atoms with Crippen molar-refractivity contribution in [2.45, 2.75) is 52.5 Å². The van der Waals surface area contributed by atoms with Crippen LogP contribution >= 0.6 is 0 Å². The van der Waals surface area contributed by atoms with Gasteiger partial charge in [-0.25, -0.2) is 4.98 Å². The molecular formula is C52H41N4O2Pt-. The van der Waals surface area contributed by atoms with Gasteiger partial charge in [0.2, 0.25) is 5.71 Å². The summed E-state index contributed by atoms with van der Waals surface area (Å²) in [5.41, 5.74) is 13.5. The van der Waals surface area contributed by atoms with Gasteiger partial charge in [0, 0.05) is 60.0 Å². The Morgan fingerprint density at radius 3 is 2.15 bits per heavy atom. The Kier molecular flexibility index (Phi) is 8.26. The second-order valence-electron chi connectivity index (χ2n) is 17.5. The van der Waals surface area contributed by atoms with Crippen LogP contribution in [0.15, 0.2) is 138 Å². The Hall–Kier alpha value is -6.23. The molecule has 0 saturated heterocycles. The zero-order chi connectivity index (χ0) is 39.7. The third-order valence-electron chi connectivity index (χ3n) is 11.7. The molecule has 0 radical (unpaired) electrons. The molecule has 0 aliphatic heterocycles. The van der Waals surface area contributed by atoms with E-state index in [1.807, 2.05) is 24.4 Å². The van der Waals surface area contributed by atoms with E-state index in [1.54, 1.807) is 6.07 Å². The van der Waals surface area contributed by atoms with Gasteiger partial charge >= 0.3 is 0 Å². The molecular weight excluding hydrogens is 908 g/mol. The monoisotopic (exact) mass is 948 g/mol. The molecule has 0 amide bonds. The van der Waals surface area contributed by atoms with Gasteiger partial charge in [-0.05, 0) is 79.3 Å². The number of imidazole rings is 1. The molecule has 6 nitrogen and oxygen atoms in total. The average Bonchev–Trinajstić information content (AvgIpc) is 3.96. The third kappa shape index (κ3) is 5.57. The first kappa shape index (κ1) is 37.1. The van der Waals surface area contributed by atoms with E-state index in [-0.39, 0.29) is 37.8 Å². The minimum atomic E-state index is -0.294. The molecule has 0 saturated carbocycles. The Morgan fingerprint density at radius 2 is 1.36 bits per heavy atom. The summed E-state index contributed by atoms with van der Waals surface area (Å²) < 4.78 is 11.3. The van der Waals surface area contributed by atoms with Crippen LogP contribution in [0.25, 0.3) is 105 Å². The summed E-state index contributed by atoms with van der Waals surface area (Å²) in [6.07, 6.45) is 1.99. The van der Waals surface area contributed by atoms with Crippen molar-refractivity contribution in [2.75, 3.05) is 0 Å². The zero-order valence-corrected chi connectivity index (χ0v) is 35.9. The number of nitrogens with zero attached hydrogens (tertiary/aromatic N) is 4. The van der Waals surface area contributed by atoms with E-state index in [0.29, 0.717) is 5.56 Å². The number of aromatic nitrogens is 4. The van der Waals surface area contributed by atoms with Crippen molar-refractivity contribution in [1.29, 1.82) is 0 Å². The number of hydrogen-bond acceptors (Lipinski definition) is 4. The molecule has 1 N–H and O–H groups in total. The Bertz CT molecular complexity index is 3450. The van der Waals surface area contributed by atoms with E-state index < -0.39 is 0 Å². The first-order valence-electron chi connectivity index (χ1n) is 19.9. The largest absolute Gasteiger partial charge is 0.507 e. The van der Waals surface area contributed by atoms with Crippen LogP contribution in [-0.2, 0) is 32.0 Å². The zero-order valence-electron chi connectivity index (χ0n) is 33.7. The summed E-state index contributed by atoms with van der Waals surface area (Å²) in [7, 11) is 0. The summed E-state index contributed by atoms with van der Waals surface area (Å²) in [5.74, 6) is 0.930. The van der Waals surface area contributed by atoms with Gasteiger partial charge < -0.3 is 14.1 Å². The molecule has 11 rings (SSSR count). The second-order valence-corrected chi connectivity index (χ2v) is 17.5. The Balaban J connectivity index is 0.00000420. The molecule has 5 heterocycles. The van der Waals surface area contributed by atoms with Crippen LogP contribution in [0.2, 0.25) is 0 Å². The van der Waals surface area contributed by atoms with Crippen molar-refractivity contribution >= 4 is 60.3 Å². The SMILES string of the molecule is CC(C)(C)c1ccccc1-c1ccc2oc3c(c2c1)c1cccc2c4cnc(-c5[c-]c(-c6cccc7c6nc(-c6ccccc6O)n7C(C)(C)C)ccc5)cc4n3c21.[Pt]. The van der Waals surface area contributed by atoms with Gasteiger partial charge in [0.25, 0.3) is 0 Å². The number of phenolic OH excluding ortho intramolecular Hbond substituents is 1. The number of benzene rings is 6. The second kappa shape index (κ2) is 13.1. The van der Waals surface area contributed by atoms with Crippen LogP contribution in [-0.4, -0.2) is 24.0 Å². The standard InChI is InChI=1S/C52H41N4O2.Pt/c1-51(2,3)40-21-9-7-16-33(40)31-24-25-45-38(27-31)46-37-20-12-19-35-39-29-53-41(28-43(39)55(48(35)37)50(46)58-45)32-15-11-14-30(26-32)34-18-13-22-42-47(34)54-49(56(42)52(4,5)6)36-17-8-10-23-44(36)57;/h7-25,27-29,57H,1-6H3;/q-1;. The third-order valence-corrected chi connectivity index (χ3v) is 11.7. The predicted octanol–water partition coefficient (Wildman–Crippen LogP) is 13.6. The fourth-order valence-corrected chi connectivity index (χ4v) is 9.19. The molecule has 5 aromatic heterocycles. The predicted molar refractivity (Wildman–Crippen MR) is 238 cm³/mol. The number of rotatable bonds is 4.